The van der Waals surface area contributed by atoms with E-state index >= 15 is 0 Å². The average molecular weight is 486 g/mol. The third kappa shape index (κ3) is 8.66. The molecule has 6 nitrogen and oxygen atoms in total. The molecule has 0 radical (unpaired) electrons. The Balaban J connectivity index is 2.14. The van der Waals surface area contributed by atoms with Gasteiger partial charge in [-0.1, -0.05) is 97.8 Å². The highest BCUT2D eigenvalue weighted by Crippen LogP contribution is 2.32. The van der Waals surface area contributed by atoms with Crippen molar-refractivity contribution >= 4 is 24.0 Å². The zero-order valence-corrected chi connectivity index (χ0v) is 22.6. The van der Waals surface area contributed by atoms with Crippen LogP contribution in [0.5, 0.6) is 0 Å². The summed E-state index contributed by atoms with van der Waals surface area (Å²) in [6.45, 7) is 10.9. The van der Waals surface area contributed by atoms with E-state index in [1.165, 1.54) is 19.3 Å². The Morgan fingerprint density at radius 3 is 2.11 bits per heavy atom. The third-order valence-corrected chi connectivity index (χ3v) is 7.09. The van der Waals surface area contributed by atoms with Crippen molar-refractivity contribution in [1.82, 2.24) is 9.80 Å². The Kier molecular flexibility index (Phi) is 12.3. The summed E-state index contributed by atoms with van der Waals surface area (Å²) >= 11 is 0. The highest BCUT2D eigenvalue weighted by molar-refractivity contribution is 5.98. The van der Waals surface area contributed by atoms with E-state index < -0.39 is 0 Å². The molecule has 1 aliphatic carbocycles. The van der Waals surface area contributed by atoms with Gasteiger partial charge in [-0.15, -0.1) is 0 Å². The molecule has 1 aliphatic rings. The summed E-state index contributed by atoms with van der Waals surface area (Å²) in [5.74, 6) is 0.136. The first-order valence-corrected chi connectivity index (χ1v) is 13.7. The van der Waals surface area contributed by atoms with E-state index in [2.05, 4.69) is 39.9 Å². The summed E-state index contributed by atoms with van der Waals surface area (Å²) in [7, 11) is 0. The van der Waals surface area contributed by atoms with Gasteiger partial charge >= 0.3 is 6.03 Å². The summed E-state index contributed by atoms with van der Waals surface area (Å²) in [6.07, 6.45) is 11.4. The molecule has 1 aromatic carbocycles. The molecular formula is C29H47N3O3. The van der Waals surface area contributed by atoms with Crippen LogP contribution < -0.4 is 5.32 Å². The van der Waals surface area contributed by atoms with Crippen LogP contribution in [-0.4, -0.2) is 47.3 Å². The summed E-state index contributed by atoms with van der Waals surface area (Å²) in [4.78, 5) is 41.5. The number of nitrogens with zero attached hydrogens (tertiary/aromatic N) is 2. The first-order valence-electron chi connectivity index (χ1n) is 13.7. The highest BCUT2D eigenvalue weighted by Gasteiger charge is 2.30. The number of urea groups is 1. The summed E-state index contributed by atoms with van der Waals surface area (Å²) in [5, 5.41) is 3.04. The Morgan fingerprint density at radius 1 is 0.971 bits per heavy atom. The number of benzene rings is 1. The number of rotatable bonds is 13. The van der Waals surface area contributed by atoms with Gasteiger partial charge in [-0.25, -0.2) is 4.79 Å². The Morgan fingerprint density at radius 2 is 1.57 bits per heavy atom. The fraction of sp³-hybridized carbons (Fsp3) is 0.690. The van der Waals surface area contributed by atoms with E-state index in [0.717, 1.165) is 66.7 Å². The molecule has 0 unspecified atom stereocenters. The van der Waals surface area contributed by atoms with Gasteiger partial charge in [-0.2, -0.15) is 0 Å². The van der Waals surface area contributed by atoms with Gasteiger partial charge in [0, 0.05) is 18.3 Å². The number of unbranched alkanes of at least 4 members (excludes halogenated alkanes) is 4. The molecule has 35 heavy (non-hydrogen) atoms. The van der Waals surface area contributed by atoms with Crippen LogP contribution in [0, 0.1) is 0 Å². The minimum Gasteiger partial charge on any atom is -0.324 e. The van der Waals surface area contributed by atoms with E-state index in [4.69, 9.17) is 0 Å². The maximum Gasteiger partial charge on any atom is 0.327 e. The normalized spacial score (nSPS) is 14.3. The van der Waals surface area contributed by atoms with Gasteiger partial charge in [0.25, 0.3) is 0 Å². The first-order chi connectivity index (χ1) is 16.8. The molecule has 6 heteroatoms. The number of imide groups is 1. The van der Waals surface area contributed by atoms with Crippen LogP contribution in [0.1, 0.15) is 122 Å². The second-order valence-electron chi connectivity index (χ2n) is 10.6. The van der Waals surface area contributed by atoms with E-state index in [9.17, 15) is 14.4 Å². The SMILES string of the molecule is CCCCCCCN(C(=O)N(C=O)CC(=O)Nc1c(C(C)C)cccc1C(C)C)C1CCCCC1. The van der Waals surface area contributed by atoms with Gasteiger partial charge in [0.2, 0.25) is 12.3 Å². The average Bonchev–Trinajstić information content (AvgIpc) is 2.84. The number of carbonyl (C=O) groups excluding carboxylic acids is 3. The molecule has 4 amide bonds. The fourth-order valence-electron chi connectivity index (χ4n) is 5.06. The zero-order chi connectivity index (χ0) is 25.8. The maximum atomic E-state index is 13.5. The lowest BCUT2D eigenvalue weighted by atomic mass is 9.92. The monoisotopic (exact) mass is 485 g/mol. The number of para-hydroxylation sites is 1. The van der Waals surface area contributed by atoms with Crippen molar-refractivity contribution in [2.75, 3.05) is 18.4 Å². The van der Waals surface area contributed by atoms with Crippen molar-refractivity contribution in [2.45, 2.75) is 117 Å². The number of hydrogen-bond donors (Lipinski definition) is 1. The predicted molar refractivity (Wildman–Crippen MR) is 144 cm³/mol. The van der Waals surface area contributed by atoms with Gasteiger partial charge in [0.05, 0.1) is 0 Å². The standard InChI is InChI=1S/C29H47N3O3/c1-6-7-8-9-13-19-32(24-15-11-10-12-16-24)29(35)31(21-33)20-27(34)30-28-25(22(2)3)17-14-18-26(28)23(4)5/h14,17-18,21-24H,6-13,15-16,19-20H2,1-5H3,(H,30,34). The van der Waals surface area contributed by atoms with Gasteiger partial charge in [0.15, 0.2) is 0 Å². The molecule has 0 atom stereocenters. The molecule has 196 valence electrons. The third-order valence-electron chi connectivity index (χ3n) is 7.09. The summed E-state index contributed by atoms with van der Waals surface area (Å²) < 4.78 is 0. The lowest BCUT2D eigenvalue weighted by molar-refractivity contribution is -0.123. The molecule has 1 fully saturated rings. The van der Waals surface area contributed by atoms with Gasteiger partial charge in [-0.05, 0) is 42.2 Å². The van der Waals surface area contributed by atoms with Crippen LogP contribution >= 0.6 is 0 Å². The van der Waals surface area contributed by atoms with E-state index in [-0.39, 0.29) is 36.4 Å². The second kappa shape index (κ2) is 14.9. The van der Waals surface area contributed by atoms with Crippen LogP contribution in [0.15, 0.2) is 18.2 Å². The molecule has 0 heterocycles. The highest BCUT2D eigenvalue weighted by atomic mass is 16.2. The van der Waals surface area contributed by atoms with Crippen LogP contribution in [0.2, 0.25) is 0 Å². The molecule has 0 spiro atoms. The second-order valence-corrected chi connectivity index (χ2v) is 10.6. The van der Waals surface area contributed by atoms with Crippen molar-refractivity contribution < 1.29 is 14.4 Å². The fourth-order valence-corrected chi connectivity index (χ4v) is 5.06. The number of amides is 4. The molecule has 1 N–H and O–H groups in total. The number of nitrogens with one attached hydrogen (secondary N) is 1. The lowest BCUT2D eigenvalue weighted by Gasteiger charge is -2.36. The van der Waals surface area contributed by atoms with Crippen LogP contribution in [0.25, 0.3) is 0 Å². The van der Waals surface area contributed by atoms with Crippen LogP contribution in [0.3, 0.4) is 0 Å². The van der Waals surface area contributed by atoms with Crippen molar-refractivity contribution in [3.8, 4) is 0 Å². The molecule has 0 aliphatic heterocycles. The van der Waals surface area contributed by atoms with Gasteiger partial charge in [-0.3, -0.25) is 14.5 Å². The van der Waals surface area contributed by atoms with Gasteiger partial charge in [0.1, 0.15) is 6.54 Å². The minimum absolute atomic E-state index is 0.155. The van der Waals surface area contributed by atoms with Crippen LogP contribution in [-0.2, 0) is 9.59 Å². The first kappa shape index (κ1) is 28.9. The minimum atomic E-state index is -0.341. The largest absolute Gasteiger partial charge is 0.327 e. The van der Waals surface area contributed by atoms with Crippen LogP contribution in [0.4, 0.5) is 10.5 Å². The molecule has 1 saturated carbocycles. The molecule has 1 aromatic rings. The molecule has 2 rings (SSSR count). The van der Waals surface area contributed by atoms with E-state index in [0.29, 0.717) is 13.0 Å². The Bertz CT molecular complexity index is 789. The molecular weight excluding hydrogens is 438 g/mol. The quantitative estimate of drug-likeness (QED) is 0.240. The van der Waals surface area contributed by atoms with Gasteiger partial charge < -0.3 is 10.2 Å². The topological polar surface area (TPSA) is 69.7 Å². The van der Waals surface area contributed by atoms with Crippen molar-refractivity contribution in [1.29, 1.82) is 0 Å². The summed E-state index contributed by atoms with van der Waals surface area (Å²) in [5.41, 5.74) is 2.93. The molecule has 0 aromatic heterocycles. The zero-order valence-electron chi connectivity index (χ0n) is 22.6. The Hall–Kier alpha value is -2.37. The smallest absolute Gasteiger partial charge is 0.324 e. The van der Waals surface area contributed by atoms with Crippen molar-refractivity contribution in [2.24, 2.45) is 0 Å². The molecule has 0 bridgehead atoms. The maximum absolute atomic E-state index is 13.5. The summed E-state index contributed by atoms with van der Waals surface area (Å²) in [6, 6.07) is 5.89. The van der Waals surface area contributed by atoms with Crippen molar-refractivity contribution in [3.05, 3.63) is 29.3 Å². The number of hydrogen-bond acceptors (Lipinski definition) is 3. The molecule has 0 saturated heterocycles. The number of carbonyl (C=O) groups is 3. The Labute approximate surface area is 212 Å². The predicted octanol–water partition coefficient (Wildman–Crippen LogP) is 7.06. The lowest BCUT2D eigenvalue weighted by Crippen LogP contribution is -2.50. The van der Waals surface area contributed by atoms with Crippen molar-refractivity contribution in [3.63, 3.8) is 0 Å². The van der Waals surface area contributed by atoms with E-state index in [1.807, 2.05) is 23.1 Å². The van der Waals surface area contributed by atoms with E-state index in [1.54, 1.807) is 0 Å². The number of anilines is 1.